The summed E-state index contributed by atoms with van der Waals surface area (Å²) in [5.41, 5.74) is 8.32. The molecule has 1 heterocycles. The Morgan fingerprint density at radius 2 is 1.69 bits per heavy atom. The third kappa shape index (κ3) is 2.68. The van der Waals surface area contributed by atoms with Gasteiger partial charge >= 0.3 is 0 Å². The molecule has 1 aromatic heterocycles. The van der Waals surface area contributed by atoms with Crippen LogP contribution in [0, 0.1) is 0 Å². The highest BCUT2D eigenvalue weighted by atomic mass is 32.1. The zero-order valence-electron chi connectivity index (χ0n) is 10.7. The fourth-order valence-corrected chi connectivity index (χ4v) is 2.97. The lowest BCUT2D eigenvalue weighted by Gasteiger charge is -2.12. The Morgan fingerprint density at radius 1 is 1.12 bits per heavy atom. The van der Waals surface area contributed by atoms with Crippen molar-refractivity contribution in [3.05, 3.63) is 11.1 Å². The Hall–Kier alpha value is -0.740. The van der Waals surface area contributed by atoms with Gasteiger partial charge < -0.3 is 15.2 Å². The highest BCUT2D eigenvalue weighted by molar-refractivity contribution is 7.16. The average molecular weight is 243 g/mol. The van der Waals surface area contributed by atoms with Crippen LogP contribution in [-0.4, -0.2) is 20.3 Å². The van der Waals surface area contributed by atoms with Gasteiger partial charge in [0.1, 0.15) is 0 Å². The Kier molecular flexibility index (Phi) is 4.62. The SMILES string of the molecule is COc1sc(OC)c(C(C)C)c1CC(C)N. The minimum atomic E-state index is 0.130. The Bertz CT molecular complexity index is 345. The number of ether oxygens (including phenoxy) is 2. The first kappa shape index (κ1) is 13.3. The van der Waals surface area contributed by atoms with Gasteiger partial charge in [-0.2, -0.15) is 0 Å². The average Bonchev–Trinajstić information content (AvgIpc) is 2.54. The summed E-state index contributed by atoms with van der Waals surface area (Å²) >= 11 is 1.56. The van der Waals surface area contributed by atoms with Gasteiger partial charge in [0.2, 0.25) is 0 Å². The molecule has 0 bridgehead atoms. The highest BCUT2D eigenvalue weighted by Crippen LogP contribution is 2.45. The Labute approximate surface area is 102 Å². The van der Waals surface area contributed by atoms with Crippen molar-refractivity contribution in [1.82, 2.24) is 0 Å². The van der Waals surface area contributed by atoms with E-state index in [9.17, 15) is 0 Å². The molecule has 4 heteroatoms. The Morgan fingerprint density at radius 3 is 2.06 bits per heavy atom. The molecule has 1 rings (SSSR count). The predicted octanol–water partition coefficient (Wildman–Crippen LogP) is 2.78. The molecular formula is C12H21NO2S. The summed E-state index contributed by atoms with van der Waals surface area (Å²) in [6.07, 6.45) is 0.830. The zero-order valence-corrected chi connectivity index (χ0v) is 11.5. The van der Waals surface area contributed by atoms with Crippen LogP contribution in [0.4, 0.5) is 0 Å². The van der Waals surface area contributed by atoms with Crippen LogP contribution in [0.15, 0.2) is 0 Å². The number of rotatable bonds is 5. The first-order valence-electron chi connectivity index (χ1n) is 5.50. The largest absolute Gasteiger partial charge is 0.487 e. The second-order valence-corrected chi connectivity index (χ2v) is 5.26. The predicted molar refractivity (Wildman–Crippen MR) is 68.9 cm³/mol. The van der Waals surface area contributed by atoms with Crippen LogP contribution in [-0.2, 0) is 6.42 Å². The quantitative estimate of drug-likeness (QED) is 0.865. The summed E-state index contributed by atoms with van der Waals surface area (Å²) in [6, 6.07) is 0.130. The zero-order chi connectivity index (χ0) is 12.3. The molecular weight excluding hydrogens is 222 g/mol. The van der Waals surface area contributed by atoms with Crippen LogP contribution in [0.25, 0.3) is 0 Å². The van der Waals surface area contributed by atoms with Crippen molar-refractivity contribution in [2.24, 2.45) is 5.73 Å². The second kappa shape index (κ2) is 5.55. The summed E-state index contributed by atoms with van der Waals surface area (Å²) in [4.78, 5) is 0. The lowest BCUT2D eigenvalue weighted by atomic mass is 9.97. The first-order chi connectivity index (χ1) is 7.51. The van der Waals surface area contributed by atoms with Crippen LogP contribution in [0.2, 0.25) is 0 Å². The monoisotopic (exact) mass is 243 g/mol. The number of nitrogens with two attached hydrogens (primary N) is 1. The molecule has 92 valence electrons. The van der Waals surface area contributed by atoms with Gasteiger partial charge in [0, 0.05) is 17.2 Å². The fourth-order valence-electron chi connectivity index (χ4n) is 1.85. The van der Waals surface area contributed by atoms with E-state index in [-0.39, 0.29) is 6.04 Å². The van der Waals surface area contributed by atoms with E-state index < -0.39 is 0 Å². The van der Waals surface area contributed by atoms with E-state index in [1.165, 1.54) is 11.1 Å². The van der Waals surface area contributed by atoms with E-state index >= 15 is 0 Å². The Balaban J connectivity index is 3.22. The first-order valence-corrected chi connectivity index (χ1v) is 6.32. The van der Waals surface area contributed by atoms with Crippen molar-refractivity contribution in [1.29, 1.82) is 0 Å². The molecule has 0 amide bonds. The molecule has 16 heavy (non-hydrogen) atoms. The maximum Gasteiger partial charge on any atom is 0.180 e. The van der Waals surface area contributed by atoms with Gasteiger partial charge in [0.25, 0.3) is 0 Å². The van der Waals surface area contributed by atoms with Crippen molar-refractivity contribution < 1.29 is 9.47 Å². The van der Waals surface area contributed by atoms with E-state index in [2.05, 4.69) is 13.8 Å². The summed E-state index contributed by atoms with van der Waals surface area (Å²) in [5.74, 6) is 0.420. The molecule has 2 N–H and O–H groups in total. The van der Waals surface area contributed by atoms with Gasteiger partial charge in [-0.3, -0.25) is 0 Å². The van der Waals surface area contributed by atoms with E-state index in [1.54, 1.807) is 25.6 Å². The van der Waals surface area contributed by atoms with Crippen molar-refractivity contribution in [2.75, 3.05) is 14.2 Å². The van der Waals surface area contributed by atoms with E-state index in [0.717, 1.165) is 16.5 Å². The summed E-state index contributed by atoms with van der Waals surface area (Å²) in [5, 5.41) is 1.88. The van der Waals surface area contributed by atoms with Crippen molar-refractivity contribution in [3.8, 4) is 10.1 Å². The third-order valence-electron chi connectivity index (χ3n) is 2.45. The van der Waals surface area contributed by atoms with Gasteiger partial charge in [0.05, 0.1) is 14.2 Å². The molecule has 0 aromatic carbocycles. The fraction of sp³-hybridized carbons (Fsp3) is 0.667. The van der Waals surface area contributed by atoms with Gasteiger partial charge in [-0.05, 0) is 19.3 Å². The second-order valence-electron chi connectivity index (χ2n) is 4.31. The van der Waals surface area contributed by atoms with E-state index in [4.69, 9.17) is 15.2 Å². The molecule has 3 nitrogen and oxygen atoms in total. The topological polar surface area (TPSA) is 44.5 Å². The van der Waals surface area contributed by atoms with Crippen LogP contribution < -0.4 is 15.2 Å². The number of hydrogen-bond acceptors (Lipinski definition) is 4. The van der Waals surface area contributed by atoms with Gasteiger partial charge in [-0.15, -0.1) is 0 Å². The summed E-state index contributed by atoms with van der Waals surface area (Å²) in [6.45, 7) is 6.33. The molecule has 0 aliphatic rings. The molecule has 1 unspecified atom stereocenters. The maximum absolute atomic E-state index is 5.88. The normalized spacial score (nSPS) is 12.9. The number of thiophene rings is 1. The van der Waals surface area contributed by atoms with Crippen LogP contribution in [0.1, 0.15) is 37.8 Å². The molecule has 0 saturated heterocycles. The highest BCUT2D eigenvalue weighted by Gasteiger charge is 2.22. The number of methoxy groups -OCH3 is 2. The summed E-state index contributed by atoms with van der Waals surface area (Å²) in [7, 11) is 3.40. The molecule has 0 saturated carbocycles. The lowest BCUT2D eigenvalue weighted by molar-refractivity contribution is 0.419. The van der Waals surface area contributed by atoms with Gasteiger partial charge in [-0.25, -0.2) is 0 Å². The van der Waals surface area contributed by atoms with Crippen LogP contribution >= 0.6 is 11.3 Å². The molecule has 0 aliphatic carbocycles. The minimum absolute atomic E-state index is 0.130. The summed E-state index contributed by atoms with van der Waals surface area (Å²) < 4.78 is 10.8. The van der Waals surface area contributed by atoms with Crippen molar-refractivity contribution in [3.63, 3.8) is 0 Å². The van der Waals surface area contributed by atoms with Crippen molar-refractivity contribution >= 4 is 11.3 Å². The molecule has 1 aromatic rings. The lowest BCUT2D eigenvalue weighted by Crippen LogP contribution is -2.18. The molecule has 0 fully saturated rings. The minimum Gasteiger partial charge on any atom is -0.487 e. The molecule has 1 atom stereocenters. The molecule has 0 aliphatic heterocycles. The third-order valence-corrected chi connectivity index (χ3v) is 3.62. The van der Waals surface area contributed by atoms with E-state index in [0.29, 0.717) is 5.92 Å². The van der Waals surface area contributed by atoms with Gasteiger partial charge in [0.15, 0.2) is 10.1 Å². The maximum atomic E-state index is 5.88. The standard InChI is InChI=1S/C12H21NO2S/c1-7(2)10-9(6-8(3)13)11(14-4)16-12(10)15-5/h7-8H,6,13H2,1-5H3. The number of hydrogen-bond donors (Lipinski definition) is 1. The molecule has 0 radical (unpaired) electrons. The molecule has 0 spiro atoms. The van der Waals surface area contributed by atoms with Crippen LogP contribution in [0.5, 0.6) is 10.1 Å². The van der Waals surface area contributed by atoms with E-state index in [1.807, 2.05) is 6.92 Å². The van der Waals surface area contributed by atoms with Crippen LogP contribution in [0.3, 0.4) is 0 Å². The smallest absolute Gasteiger partial charge is 0.180 e. The van der Waals surface area contributed by atoms with Crippen molar-refractivity contribution in [2.45, 2.75) is 39.2 Å². The van der Waals surface area contributed by atoms with Gasteiger partial charge in [-0.1, -0.05) is 25.2 Å².